The van der Waals surface area contributed by atoms with Crippen molar-refractivity contribution in [1.29, 1.82) is 0 Å². The second-order valence-corrected chi connectivity index (χ2v) is 10.1. The first-order valence-corrected chi connectivity index (χ1v) is 11.6. The molecule has 166 valence electrons. The van der Waals surface area contributed by atoms with Gasteiger partial charge in [-0.15, -0.1) is 11.3 Å². The molecular formula is C22H25ClFN3O3S. The summed E-state index contributed by atoms with van der Waals surface area (Å²) in [6.45, 7) is 3.80. The molecule has 9 heteroatoms. The highest BCUT2D eigenvalue weighted by atomic mass is 35.5. The first kappa shape index (κ1) is 22.0. The number of amides is 2. The number of aryl methyl sites for hydroxylation is 1. The molecule has 1 unspecified atom stereocenters. The zero-order valence-corrected chi connectivity index (χ0v) is 19.0. The monoisotopic (exact) mass is 465 g/mol. The van der Waals surface area contributed by atoms with Gasteiger partial charge in [0.2, 0.25) is 0 Å². The molecule has 0 spiro atoms. The van der Waals surface area contributed by atoms with Crippen LogP contribution in [0.15, 0.2) is 23.6 Å². The third-order valence-corrected chi connectivity index (χ3v) is 7.70. The van der Waals surface area contributed by atoms with Gasteiger partial charge in [-0.25, -0.2) is 9.37 Å². The van der Waals surface area contributed by atoms with Crippen molar-refractivity contribution in [2.45, 2.75) is 57.0 Å². The van der Waals surface area contributed by atoms with Crippen LogP contribution < -0.4 is 15.4 Å². The van der Waals surface area contributed by atoms with Crippen LogP contribution in [0.5, 0.6) is 5.75 Å². The molecule has 2 amide bonds. The average molecular weight is 466 g/mol. The summed E-state index contributed by atoms with van der Waals surface area (Å²) in [6, 6.07) is 4.09. The number of hydrogen-bond acceptors (Lipinski definition) is 5. The molecular weight excluding hydrogens is 441 g/mol. The second kappa shape index (κ2) is 8.39. The van der Waals surface area contributed by atoms with Crippen LogP contribution in [0.3, 0.4) is 0 Å². The van der Waals surface area contributed by atoms with Crippen molar-refractivity contribution in [2.24, 2.45) is 5.92 Å². The number of halogens is 2. The number of ether oxygens (including phenoxy) is 1. The number of aromatic nitrogens is 1. The molecule has 6 nitrogen and oxygen atoms in total. The first-order valence-electron chi connectivity index (χ1n) is 10.3. The van der Waals surface area contributed by atoms with Crippen molar-refractivity contribution < 1.29 is 18.7 Å². The van der Waals surface area contributed by atoms with Crippen molar-refractivity contribution in [2.75, 3.05) is 6.61 Å². The van der Waals surface area contributed by atoms with Crippen molar-refractivity contribution >= 4 is 34.8 Å². The molecule has 3 aliphatic carbocycles. The molecule has 2 N–H and O–H groups in total. The Balaban J connectivity index is 1.34. The van der Waals surface area contributed by atoms with E-state index < -0.39 is 5.82 Å². The highest BCUT2D eigenvalue weighted by molar-refractivity contribution is 7.09. The van der Waals surface area contributed by atoms with E-state index >= 15 is 0 Å². The summed E-state index contributed by atoms with van der Waals surface area (Å²) >= 11 is 7.13. The third-order valence-electron chi connectivity index (χ3n) is 6.62. The topological polar surface area (TPSA) is 80.3 Å². The van der Waals surface area contributed by atoms with Crippen LogP contribution in [0.2, 0.25) is 5.02 Å². The predicted molar refractivity (Wildman–Crippen MR) is 117 cm³/mol. The third kappa shape index (κ3) is 4.55. The number of rotatable bonds is 6. The lowest BCUT2D eigenvalue weighted by Gasteiger charge is -2.57. The van der Waals surface area contributed by atoms with E-state index in [4.69, 9.17) is 16.3 Å². The van der Waals surface area contributed by atoms with Gasteiger partial charge in [0.25, 0.3) is 11.8 Å². The van der Waals surface area contributed by atoms with Gasteiger partial charge in [0.15, 0.2) is 6.61 Å². The molecule has 0 radical (unpaired) electrons. The van der Waals surface area contributed by atoms with Crippen LogP contribution in [0.4, 0.5) is 4.39 Å². The van der Waals surface area contributed by atoms with Crippen molar-refractivity contribution in [3.05, 3.63) is 45.1 Å². The molecule has 3 aliphatic rings. The standard InChI is InChI=1S/C22H25ClFN3O3S/c1-13-10-21(27-20(29)18-12-31-14(2)25-18)5-7-22(13,8-6-21)26-19(28)11-30-15-3-4-16(23)17(24)9-15/h3-4,9,12-13H,5-8,10-11H2,1-2H3,(H,26,28)(H,27,29). The number of hydrogen-bond donors (Lipinski definition) is 2. The average Bonchev–Trinajstić information content (AvgIpc) is 3.17. The van der Waals surface area contributed by atoms with Gasteiger partial charge in [-0.2, -0.15) is 0 Å². The van der Waals surface area contributed by atoms with E-state index in [1.54, 1.807) is 5.38 Å². The molecule has 3 saturated carbocycles. The van der Waals surface area contributed by atoms with Crippen molar-refractivity contribution in [3.63, 3.8) is 0 Å². The maximum atomic E-state index is 13.5. The van der Waals surface area contributed by atoms with E-state index in [1.165, 1.54) is 29.5 Å². The van der Waals surface area contributed by atoms with E-state index in [9.17, 15) is 14.0 Å². The molecule has 1 aromatic carbocycles. The van der Waals surface area contributed by atoms with E-state index in [-0.39, 0.29) is 46.2 Å². The van der Waals surface area contributed by atoms with Crippen LogP contribution in [0.1, 0.15) is 54.5 Å². The predicted octanol–water partition coefficient (Wildman–Crippen LogP) is 4.26. The number of benzene rings is 1. The number of nitrogens with one attached hydrogen (secondary N) is 2. The fraction of sp³-hybridized carbons (Fsp3) is 0.500. The summed E-state index contributed by atoms with van der Waals surface area (Å²) < 4.78 is 19.0. The van der Waals surface area contributed by atoms with E-state index in [2.05, 4.69) is 22.5 Å². The van der Waals surface area contributed by atoms with Crippen LogP contribution in [0.25, 0.3) is 0 Å². The highest BCUT2D eigenvalue weighted by Crippen LogP contribution is 2.50. The Bertz CT molecular complexity index is 1000. The van der Waals surface area contributed by atoms with Crippen LogP contribution >= 0.6 is 22.9 Å². The molecule has 31 heavy (non-hydrogen) atoms. The Labute approximate surface area is 189 Å². The Morgan fingerprint density at radius 1 is 1.29 bits per heavy atom. The van der Waals surface area contributed by atoms with E-state index in [0.29, 0.717) is 5.69 Å². The van der Waals surface area contributed by atoms with Crippen LogP contribution in [0, 0.1) is 18.7 Å². The number of carbonyl (C=O) groups is 2. The molecule has 0 aliphatic heterocycles. The van der Waals surface area contributed by atoms with Crippen molar-refractivity contribution in [1.82, 2.24) is 15.6 Å². The minimum Gasteiger partial charge on any atom is -0.484 e. The fourth-order valence-electron chi connectivity index (χ4n) is 4.88. The van der Waals surface area contributed by atoms with Gasteiger partial charge in [0.05, 0.1) is 10.0 Å². The van der Waals surface area contributed by atoms with Crippen LogP contribution in [-0.4, -0.2) is 34.5 Å². The Hall–Kier alpha value is -2.19. The molecule has 0 saturated heterocycles. The van der Waals surface area contributed by atoms with Crippen molar-refractivity contribution in [3.8, 4) is 5.75 Å². The first-order chi connectivity index (χ1) is 14.7. The lowest BCUT2D eigenvalue weighted by Crippen LogP contribution is -2.67. The Morgan fingerprint density at radius 2 is 2.03 bits per heavy atom. The SMILES string of the molecule is Cc1nc(C(=O)NC23CCC(NC(=O)COc4ccc(Cl)c(F)c4)(CC2)C(C)C3)cs1. The van der Waals surface area contributed by atoms with Gasteiger partial charge < -0.3 is 15.4 Å². The fourth-order valence-corrected chi connectivity index (χ4v) is 5.59. The molecule has 2 bridgehead atoms. The Morgan fingerprint density at radius 3 is 2.65 bits per heavy atom. The minimum absolute atomic E-state index is 0.00872. The molecule has 5 rings (SSSR count). The number of fused-ring (bicyclic) bond motifs is 3. The summed E-state index contributed by atoms with van der Waals surface area (Å²) in [5.74, 6) is -0.493. The summed E-state index contributed by atoms with van der Waals surface area (Å²) in [7, 11) is 0. The zero-order chi connectivity index (χ0) is 22.2. The second-order valence-electron chi connectivity index (χ2n) is 8.66. The maximum absolute atomic E-state index is 13.5. The summed E-state index contributed by atoms with van der Waals surface area (Å²) in [4.78, 5) is 29.5. The molecule has 1 aromatic heterocycles. The van der Waals surface area contributed by atoms with Gasteiger partial charge in [0.1, 0.15) is 17.3 Å². The van der Waals surface area contributed by atoms with Gasteiger partial charge in [-0.3, -0.25) is 9.59 Å². The highest BCUT2D eigenvalue weighted by Gasteiger charge is 2.54. The number of carbonyl (C=O) groups excluding carboxylic acids is 2. The smallest absolute Gasteiger partial charge is 0.271 e. The lowest BCUT2D eigenvalue weighted by molar-refractivity contribution is -0.128. The number of thiazole rings is 1. The van der Waals surface area contributed by atoms with Gasteiger partial charge in [-0.1, -0.05) is 18.5 Å². The number of nitrogens with zero attached hydrogens (tertiary/aromatic N) is 1. The van der Waals surface area contributed by atoms with E-state index in [1.807, 2.05) is 6.92 Å². The summed E-state index contributed by atoms with van der Waals surface area (Å²) in [5.41, 5.74) is -0.0937. The molecule has 3 fully saturated rings. The largest absolute Gasteiger partial charge is 0.484 e. The normalized spacial score (nSPS) is 27.0. The molecule has 1 atom stereocenters. The summed E-state index contributed by atoms with van der Waals surface area (Å²) in [5, 5.41) is 9.06. The molecule has 2 aromatic rings. The zero-order valence-electron chi connectivity index (χ0n) is 17.5. The van der Waals surface area contributed by atoms with Crippen LogP contribution in [-0.2, 0) is 4.79 Å². The Kier molecular flexibility index (Phi) is 5.96. The van der Waals surface area contributed by atoms with E-state index in [0.717, 1.165) is 37.1 Å². The lowest BCUT2D eigenvalue weighted by atomic mass is 9.56. The van der Waals surface area contributed by atoms with Gasteiger partial charge in [-0.05, 0) is 57.1 Å². The minimum atomic E-state index is -0.586. The quantitative estimate of drug-likeness (QED) is 0.668. The van der Waals surface area contributed by atoms with Gasteiger partial charge >= 0.3 is 0 Å². The maximum Gasteiger partial charge on any atom is 0.271 e. The summed E-state index contributed by atoms with van der Waals surface area (Å²) in [6.07, 6.45) is 3.97. The molecule has 1 heterocycles. The van der Waals surface area contributed by atoms with Gasteiger partial charge in [0, 0.05) is 22.5 Å².